The van der Waals surface area contributed by atoms with Crippen LogP contribution in [0.3, 0.4) is 0 Å². The summed E-state index contributed by atoms with van der Waals surface area (Å²) in [6.07, 6.45) is 0. The molecule has 0 spiro atoms. The zero-order valence-electron chi connectivity index (χ0n) is 10.2. The van der Waals surface area contributed by atoms with Crippen LogP contribution in [0, 0.1) is 34.3 Å². The molecule has 17 heavy (non-hydrogen) atoms. The predicted octanol–water partition coefficient (Wildman–Crippen LogP) is 2.50. The molecule has 1 atom stereocenters. The van der Waals surface area contributed by atoms with Crippen LogP contribution in [-0.4, -0.2) is 18.5 Å². The number of hydrogen-bond donors (Lipinski definition) is 0. The molecule has 0 fully saturated rings. The number of anilines is 1. The molecule has 1 aromatic rings. The highest BCUT2D eigenvalue weighted by atomic mass is 16.6. The lowest BCUT2D eigenvalue weighted by molar-refractivity contribution is -0.384. The summed E-state index contributed by atoms with van der Waals surface area (Å²) in [5.41, 5.74) is 1.84. The second-order valence-electron chi connectivity index (χ2n) is 4.14. The van der Waals surface area contributed by atoms with E-state index in [1.165, 1.54) is 6.07 Å². The van der Waals surface area contributed by atoms with Gasteiger partial charge in [0.2, 0.25) is 0 Å². The average molecular weight is 233 g/mol. The summed E-state index contributed by atoms with van der Waals surface area (Å²) in [5, 5.41) is 19.4. The van der Waals surface area contributed by atoms with Gasteiger partial charge in [0.05, 0.1) is 16.9 Å². The molecular formula is C12H15N3O2. The average Bonchev–Trinajstić information content (AvgIpc) is 2.28. The zero-order valence-corrected chi connectivity index (χ0v) is 10.2. The summed E-state index contributed by atoms with van der Waals surface area (Å²) in [6.45, 7) is 4.28. The Kier molecular flexibility index (Phi) is 4.05. The third kappa shape index (κ3) is 3.18. The summed E-state index contributed by atoms with van der Waals surface area (Å²) in [4.78, 5) is 12.1. The molecule has 0 radical (unpaired) electrons. The number of nitro benzene ring substituents is 1. The minimum Gasteiger partial charge on any atom is -0.373 e. The number of rotatable bonds is 4. The molecule has 0 bridgehead atoms. The van der Waals surface area contributed by atoms with Crippen molar-refractivity contribution in [2.75, 3.05) is 18.5 Å². The number of nitriles is 1. The molecule has 1 rings (SSSR count). The first kappa shape index (κ1) is 13.0. The lowest BCUT2D eigenvalue weighted by Gasteiger charge is -2.22. The van der Waals surface area contributed by atoms with E-state index in [9.17, 15) is 10.1 Å². The van der Waals surface area contributed by atoms with Crippen molar-refractivity contribution < 1.29 is 4.92 Å². The van der Waals surface area contributed by atoms with Crippen molar-refractivity contribution >= 4 is 11.4 Å². The first-order valence-electron chi connectivity index (χ1n) is 5.31. The van der Waals surface area contributed by atoms with Crippen molar-refractivity contribution in [3.8, 4) is 6.07 Å². The minimum atomic E-state index is -0.408. The Labute approximate surface area is 100 Å². The summed E-state index contributed by atoms with van der Waals surface area (Å²) in [5.74, 6) is -0.0745. The van der Waals surface area contributed by atoms with Crippen LogP contribution < -0.4 is 4.90 Å². The van der Waals surface area contributed by atoms with E-state index < -0.39 is 4.92 Å². The van der Waals surface area contributed by atoms with Crippen molar-refractivity contribution in [3.63, 3.8) is 0 Å². The topological polar surface area (TPSA) is 70.2 Å². The molecule has 90 valence electrons. The maximum Gasteiger partial charge on any atom is 0.269 e. The second-order valence-corrected chi connectivity index (χ2v) is 4.14. The molecule has 0 aliphatic rings. The normalized spacial score (nSPS) is 11.6. The van der Waals surface area contributed by atoms with Crippen LogP contribution in [0.1, 0.15) is 12.5 Å². The number of non-ortho nitro benzene ring substituents is 1. The van der Waals surface area contributed by atoms with Gasteiger partial charge in [-0.1, -0.05) is 0 Å². The molecule has 0 saturated carbocycles. The molecule has 0 heterocycles. The third-order valence-corrected chi connectivity index (χ3v) is 2.57. The highest BCUT2D eigenvalue weighted by molar-refractivity contribution is 5.56. The fraction of sp³-hybridized carbons (Fsp3) is 0.417. The van der Waals surface area contributed by atoms with E-state index in [1.807, 2.05) is 25.8 Å². The lowest BCUT2D eigenvalue weighted by atomic mass is 10.1. The quantitative estimate of drug-likeness (QED) is 0.591. The van der Waals surface area contributed by atoms with Crippen LogP contribution in [0.5, 0.6) is 0 Å². The van der Waals surface area contributed by atoms with Crippen molar-refractivity contribution in [2.45, 2.75) is 13.8 Å². The van der Waals surface area contributed by atoms with Crippen LogP contribution in [0.25, 0.3) is 0 Å². The predicted molar refractivity (Wildman–Crippen MR) is 65.9 cm³/mol. The van der Waals surface area contributed by atoms with Gasteiger partial charge in [-0.05, 0) is 25.5 Å². The first-order valence-corrected chi connectivity index (χ1v) is 5.31. The molecule has 0 N–H and O–H groups in total. The lowest BCUT2D eigenvalue weighted by Crippen LogP contribution is -2.23. The molecule has 0 saturated heterocycles. The van der Waals surface area contributed by atoms with Gasteiger partial charge in [0, 0.05) is 31.4 Å². The van der Waals surface area contributed by atoms with Crippen molar-refractivity contribution in [3.05, 3.63) is 33.9 Å². The van der Waals surface area contributed by atoms with Crippen LogP contribution >= 0.6 is 0 Å². The Morgan fingerprint density at radius 3 is 2.71 bits per heavy atom. The van der Waals surface area contributed by atoms with E-state index in [0.29, 0.717) is 6.54 Å². The van der Waals surface area contributed by atoms with Crippen molar-refractivity contribution in [1.82, 2.24) is 0 Å². The van der Waals surface area contributed by atoms with Crippen LogP contribution in [0.2, 0.25) is 0 Å². The zero-order chi connectivity index (χ0) is 13.0. The van der Waals surface area contributed by atoms with Gasteiger partial charge in [-0.25, -0.2) is 0 Å². The van der Waals surface area contributed by atoms with Crippen LogP contribution in [-0.2, 0) is 0 Å². The molecule has 5 nitrogen and oxygen atoms in total. The van der Waals surface area contributed by atoms with Crippen LogP contribution in [0.15, 0.2) is 18.2 Å². The van der Waals surface area contributed by atoms with E-state index >= 15 is 0 Å². The summed E-state index contributed by atoms with van der Waals surface area (Å²) in [7, 11) is 1.88. The van der Waals surface area contributed by atoms with E-state index in [1.54, 1.807) is 12.1 Å². The van der Waals surface area contributed by atoms with Crippen LogP contribution in [0.4, 0.5) is 11.4 Å². The van der Waals surface area contributed by atoms with Gasteiger partial charge in [0.25, 0.3) is 5.69 Å². The second kappa shape index (κ2) is 5.30. The largest absolute Gasteiger partial charge is 0.373 e. The Balaban J connectivity index is 2.93. The molecule has 5 heteroatoms. The summed E-state index contributed by atoms with van der Waals surface area (Å²) < 4.78 is 0. The van der Waals surface area contributed by atoms with E-state index in [-0.39, 0.29) is 11.6 Å². The Bertz CT molecular complexity index is 465. The van der Waals surface area contributed by atoms with Gasteiger partial charge in [-0.2, -0.15) is 5.26 Å². The SMILES string of the molecule is Cc1cc([N+](=O)[O-])ccc1N(C)CC(C)C#N. The molecular weight excluding hydrogens is 218 g/mol. The minimum absolute atomic E-state index is 0.0745. The maximum atomic E-state index is 10.6. The molecule has 0 amide bonds. The highest BCUT2D eigenvalue weighted by Crippen LogP contribution is 2.24. The van der Waals surface area contributed by atoms with Crippen molar-refractivity contribution in [1.29, 1.82) is 5.26 Å². The number of hydrogen-bond acceptors (Lipinski definition) is 4. The summed E-state index contributed by atoms with van der Waals surface area (Å²) in [6, 6.07) is 6.91. The summed E-state index contributed by atoms with van der Waals surface area (Å²) >= 11 is 0. The van der Waals surface area contributed by atoms with Gasteiger partial charge >= 0.3 is 0 Å². The van der Waals surface area contributed by atoms with Gasteiger partial charge < -0.3 is 4.90 Å². The number of nitro groups is 1. The number of aryl methyl sites for hydroxylation is 1. The van der Waals surface area contributed by atoms with Gasteiger partial charge in [-0.15, -0.1) is 0 Å². The number of benzene rings is 1. The van der Waals surface area contributed by atoms with Gasteiger partial charge in [0.1, 0.15) is 0 Å². The fourth-order valence-electron chi connectivity index (χ4n) is 1.73. The molecule has 1 unspecified atom stereocenters. The Morgan fingerprint density at radius 1 is 1.59 bits per heavy atom. The number of nitrogens with zero attached hydrogens (tertiary/aromatic N) is 3. The monoisotopic (exact) mass is 233 g/mol. The smallest absolute Gasteiger partial charge is 0.269 e. The van der Waals surface area contributed by atoms with Crippen molar-refractivity contribution in [2.24, 2.45) is 5.92 Å². The first-order chi connectivity index (χ1) is 7.95. The Morgan fingerprint density at radius 2 is 2.24 bits per heavy atom. The molecule has 0 aromatic heterocycles. The third-order valence-electron chi connectivity index (χ3n) is 2.57. The molecule has 0 aliphatic carbocycles. The van der Waals surface area contributed by atoms with E-state index in [2.05, 4.69) is 6.07 Å². The van der Waals surface area contributed by atoms with E-state index in [4.69, 9.17) is 5.26 Å². The Hall–Kier alpha value is -2.09. The van der Waals surface area contributed by atoms with E-state index in [0.717, 1.165) is 11.3 Å². The fourth-order valence-corrected chi connectivity index (χ4v) is 1.73. The molecule has 0 aliphatic heterocycles. The standard InChI is InChI=1S/C12H15N3O2/c1-9(7-13)8-14(3)12-5-4-11(15(16)17)6-10(12)2/h4-6,9H,8H2,1-3H3. The van der Waals surface area contributed by atoms with Gasteiger partial charge in [0.15, 0.2) is 0 Å². The molecule has 1 aromatic carbocycles. The van der Waals surface area contributed by atoms with Gasteiger partial charge in [-0.3, -0.25) is 10.1 Å². The maximum absolute atomic E-state index is 10.6. The highest BCUT2D eigenvalue weighted by Gasteiger charge is 2.12.